The Morgan fingerprint density at radius 2 is 2.26 bits per heavy atom. The molecule has 1 N–H and O–H groups in total. The molecule has 1 fully saturated rings. The maximum atomic E-state index is 12.0. The highest BCUT2D eigenvalue weighted by molar-refractivity contribution is 5.78. The van der Waals surface area contributed by atoms with Crippen LogP contribution in [0.5, 0.6) is 0 Å². The SMILES string of the molecule is O=C(O)[C@@H]1CCCN1c1cc(=O)n2ccccc2n1. The molecule has 6 heteroatoms. The second-order valence-corrected chi connectivity index (χ2v) is 4.57. The molecule has 6 nitrogen and oxygen atoms in total. The van der Waals surface area contributed by atoms with Gasteiger partial charge in [0.2, 0.25) is 0 Å². The van der Waals surface area contributed by atoms with Crippen molar-refractivity contribution in [2.75, 3.05) is 11.4 Å². The van der Waals surface area contributed by atoms with E-state index in [4.69, 9.17) is 0 Å². The number of rotatable bonds is 2. The Morgan fingerprint density at radius 3 is 3.05 bits per heavy atom. The lowest BCUT2D eigenvalue weighted by Crippen LogP contribution is -2.37. The van der Waals surface area contributed by atoms with Gasteiger partial charge in [-0.1, -0.05) is 6.07 Å². The smallest absolute Gasteiger partial charge is 0.326 e. The summed E-state index contributed by atoms with van der Waals surface area (Å²) < 4.78 is 1.44. The first-order chi connectivity index (χ1) is 9.16. The third-order valence-electron chi connectivity index (χ3n) is 3.39. The Morgan fingerprint density at radius 1 is 1.42 bits per heavy atom. The number of fused-ring (bicyclic) bond motifs is 1. The molecule has 0 spiro atoms. The van der Waals surface area contributed by atoms with Gasteiger partial charge < -0.3 is 10.0 Å². The number of aliphatic carboxylic acids is 1. The molecule has 0 saturated carbocycles. The summed E-state index contributed by atoms with van der Waals surface area (Å²) in [5, 5.41) is 9.17. The van der Waals surface area contributed by atoms with E-state index >= 15 is 0 Å². The molecule has 0 aliphatic carbocycles. The molecule has 3 rings (SSSR count). The zero-order valence-corrected chi connectivity index (χ0v) is 10.2. The summed E-state index contributed by atoms with van der Waals surface area (Å²) in [5.41, 5.74) is 0.331. The van der Waals surface area contributed by atoms with Crippen molar-refractivity contribution in [2.24, 2.45) is 0 Å². The van der Waals surface area contributed by atoms with Crippen LogP contribution < -0.4 is 10.5 Å². The first kappa shape index (κ1) is 11.7. The van der Waals surface area contributed by atoms with Crippen LogP contribution in [0.25, 0.3) is 5.65 Å². The minimum absolute atomic E-state index is 0.198. The van der Waals surface area contributed by atoms with Crippen LogP contribution in [0.2, 0.25) is 0 Å². The van der Waals surface area contributed by atoms with E-state index in [0.29, 0.717) is 24.4 Å². The van der Waals surface area contributed by atoms with Crippen LogP contribution >= 0.6 is 0 Å². The first-order valence-corrected chi connectivity index (χ1v) is 6.15. The van der Waals surface area contributed by atoms with E-state index < -0.39 is 12.0 Å². The monoisotopic (exact) mass is 259 g/mol. The molecular formula is C13H13N3O3. The standard InChI is InChI=1S/C13H13N3O3/c17-12-8-11(14-10-5-1-2-6-16(10)12)15-7-3-4-9(15)13(18)19/h1-2,5-6,8-9H,3-4,7H2,(H,18,19)/t9-/m0/s1. The normalized spacial score (nSPS) is 18.9. The molecule has 1 aliphatic rings. The lowest BCUT2D eigenvalue weighted by atomic mass is 10.2. The summed E-state index contributed by atoms with van der Waals surface area (Å²) in [5.74, 6) is -0.423. The van der Waals surface area contributed by atoms with Crippen molar-refractivity contribution in [1.82, 2.24) is 9.38 Å². The van der Waals surface area contributed by atoms with Gasteiger partial charge in [0.15, 0.2) is 0 Å². The van der Waals surface area contributed by atoms with Crippen molar-refractivity contribution in [3.05, 3.63) is 40.8 Å². The maximum Gasteiger partial charge on any atom is 0.326 e. The predicted molar refractivity (Wildman–Crippen MR) is 69.5 cm³/mol. The highest BCUT2D eigenvalue weighted by atomic mass is 16.4. The molecule has 2 aromatic heterocycles. The molecule has 0 amide bonds. The Hall–Kier alpha value is -2.37. The molecular weight excluding hydrogens is 246 g/mol. The molecule has 2 aromatic rings. The summed E-state index contributed by atoms with van der Waals surface area (Å²) in [6.07, 6.45) is 3.03. The Kier molecular flexibility index (Phi) is 2.70. The Balaban J connectivity index is 2.10. The minimum atomic E-state index is -0.868. The van der Waals surface area contributed by atoms with Gasteiger partial charge in [0.1, 0.15) is 17.5 Å². The third kappa shape index (κ3) is 1.95. The van der Waals surface area contributed by atoms with Crippen LogP contribution in [-0.4, -0.2) is 33.0 Å². The summed E-state index contributed by atoms with van der Waals surface area (Å²) >= 11 is 0. The van der Waals surface area contributed by atoms with Gasteiger partial charge in [0.05, 0.1) is 0 Å². The van der Waals surface area contributed by atoms with E-state index in [2.05, 4.69) is 4.98 Å². The highest BCUT2D eigenvalue weighted by Crippen LogP contribution is 2.23. The average Bonchev–Trinajstić information content (AvgIpc) is 2.88. The van der Waals surface area contributed by atoms with Gasteiger partial charge in [-0.3, -0.25) is 9.20 Å². The molecule has 0 radical (unpaired) electrons. The van der Waals surface area contributed by atoms with Crippen LogP contribution in [0, 0.1) is 0 Å². The van der Waals surface area contributed by atoms with E-state index in [9.17, 15) is 14.7 Å². The summed E-state index contributed by atoms with van der Waals surface area (Å²) in [6, 6.07) is 6.10. The van der Waals surface area contributed by atoms with Crippen LogP contribution in [0.4, 0.5) is 5.82 Å². The number of aromatic nitrogens is 2. The zero-order valence-electron chi connectivity index (χ0n) is 10.2. The Bertz CT molecular complexity index is 695. The van der Waals surface area contributed by atoms with Gasteiger partial charge in [-0.25, -0.2) is 9.78 Å². The molecule has 3 heterocycles. The Labute approximate surface area is 108 Å². The van der Waals surface area contributed by atoms with Gasteiger partial charge in [-0.2, -0.15) is 0 Å². The van der Waals surface area contributed by atoms with Crippen molar-refractivity contribution in [2.45, 2.75) is 18.9 Å². The van der Waals surface area contributed by atoms with Gasteiger partial charge >= 0.3 is 5.97 Å². The fourth-order valence-electron chi connectivity index (χ4n) is 2.49. The number of pyridine rings is 1. The maximum absolute atomic E-state index is 12.0. The second-order valence-electron chi connectivity index (χ2n) is 4.57. The molecule has 1 aliphatic heterocycles. The van der Waals surface area contributed by atoms with E-state index in [1.807, 2.05) is 0 Å². The molecule has 98 valence electrons. The first-order valence-electron chi connectivity index (χ1n) is 6.15. The lowest BCUT2D eigenvalue weighted by Gasteiger charge is -2.22. The van der Waals surface area contributed by atoms with E-state index in [1.54, 1.807) is 29.3 Å². The fraction of sp³-hybridized carbons (Fsp3) is 0.308. The van der Waals surface area contributed by atoms with Crippen LogP contribution in [-0.2, 0) is 4.79 Å². The molecule has 0 unspecified atom stereocenters. The lowest BCUT2D eigenvalue weighted by molar-refractivity contribution is -0.138. The molecule has 1 saturated heterocycles. The second kappa shape index (κ2) is 4.38. The van der Waals surface area contributed by atoms with Gasteiger partial charge in [-0.05, 0) is 25.0 Å². The summed E-state index contributed by atoms with van der Waals surface area (Å²) in [7, 11) is 0. The number of carboxylic acids is 1. The van der Waals surface area contributed by atoms with Crippen LogP contribution in [0.15, 0.2) is 35.3 Å². The van der Waals surface area contributed by atoms with Crippen molar-refractivity contribution >= 4 is 17.4 Å². The third-order valence-corrected chi connectivity index (χ3v) is 3.39. The van der Waals surface area contributed by atoms with Crippen molar-refractivity contribution in [3.63, 3.8) is 0 Å². The predicted octanol–water partition coefficient (Wildman–Crippen LogP) is 0.748. The summed E-state index contributed by atoms with van der Waals surface area (Å²) in [4.78, 5) is 29.2. The topological polar surface area (TPSA) is 74.9 Å². The number of carbonyl (C=O) groups is 1. The average molecular weight is 259 g/mol. The number of hydrogen-bond donors (Lipinski definition) is 1. The highest BCUT2D eigenvalue weighted by Gasteiger charge is 2.31. The molecule has 1 atom stereocenters. The molecule has 19 heavy (non-hydrogen) atoms. The van der Waals surface area contributed by atoms with Crippen molar-refractivity contribution < 1.29 is 9.90 Å². The number of nitrogens with zero attached hydrogens (tertiary/aromatic N) is 3. The van der Waals surface area contributed by atoms with E-state index in [1.165, 1.54) is 10.5 Å². The van der Waals surface area contributed by atoms with Crippen LogP contribution in [0.3, 0.4) is 0 Å². The summed E-state index contributed by atoms with van der Waals surface area (Å²) in [6.45, 7) is 0.617. The largest absolute Gasteiger partial charge is 0.480 e. The van der Waals surface area contributed by atoms with Gasteiger partial charge in [-0.15, -0.1) is 0 Å². The van der Waals surface area contributed by atoms with E-state index in [-0.39, 0.29) is 5.56 Å². The number of carboxylic acid groups (broad SMARTS) is 1. The quantitative estimate of drug-likeness (QED) is 0.861. The molecule has 0 aromatic carbocycles. The van der Waals surface area contributed by atoms with Crippen molar-refractivity contribution in [3.8, 4) is 0 Å². The molecule has 0 bridgehead atoms. The van der Waals surface area contributed by atoms with Gasteiger partial charge in [0.25, 0.3) is 5.56 Å². The van der Waals surface area contributed by atoms with Gasteiger partial charge in [0, 0.05) is 18.8 Å². The fourth-order valence-corrected chi connectivity index (χ4v) is 2.49. The van der Waals surface area contributed by atoms with Crippen molar-refractivity contribution in [1.29, 1.82) is 0 Å². The van der Waals surface area contributed by atoms with Crippen LogP contribution in [0.1, 0.15) is 12.8 Å². The number of hydrogen-bond acceptors (Lipinski definition) is 4. The number of anilines is 1. The minimum Gasteiger partial charge on any atom is -0.480 e. The van der Waals surface area contributed by atoms with E-state index in [0.717, 1.165) is 6.42 Å². The zero-order chi connectivity index (χ0) is 13.4.